The van der Waals surface area contributed by atoms with E-state index in [0.717, 1.165) is 10.8 Å². The molecule has 1 aliphatic rings. The number of carbonyl (C=O) groups is 2. The second-order valence-electron chi connectivity index (χ2n) is 6.45. The van der Waals surface area contributed by atoms with Crippen molar-refractivity contribution in [3.05, 3.63) is 54.1 Å². The van der Waals surface area contributed by atoms with Gasteiger partial charge < -0.3 is 20.1 Å². The minimum atomic E-state index is -1.24. The SMILES string of the molecule is CCOc1ccc(NC(=S)NN2C(=O)NC(C)(c3cccc(OC)c3)C2=O)cc1. The summed E-state index contributed by atoms with van der Waals surface area (Å²) in [5.41, 5.74) is 2.70. The second-order valence-corrected chi connectivity index (χ2v) is 6.86. The van der Waals surface area contributed by atoms with Crippen molar-refractivity contribution in [2.75, 3.05) is 19.0 Å². The molecule has 0 bridgehead atoms. The molecule has 1 heterocycles. The predicted molar refractivity (Wildman–Crippen MR) is 113 cm³/mol. The lowest BCUT2D eigenvalue weighted by atomic mass is 9.92. The van der Waals surface area contributed by atoms with Gasteiger partial charge in [-0.1, -0.05) is 12.1 Å². The van der Waals surface area contributed by atoms with E-state index in [4.69, 9.17) is 21.7 Å². The van der Waals surface area contributed by atoms with Gasteiger partial charge in [0.15, 0.2) is 5.11 Å². The number of benzene rings is 2. The van der Waals surface area contributed by atoms with Crippen molar-refractivity contribution in [2.24, 2.45) is 0 Å². The Balaban J connectivity index is 1.70. The lowest BCUT2D eigenvalue weighted by Gasteiger charge is -2.23. The lowest BCUT2D eigenvalue weighted by Crippen LogP contribution is -2.49. The van der Waals surface area contributed by atoms with Gasteiger partial charge in [0.05, 0.1) is 13.7 Å². The topological polar surface area (TPSA) is 91.9 Å². The van der Waals surface area contributed by atoms with Crippen molar-refractivity contribution in [3.8, 4) is 11.5 Å². The number of urea groups is 1. The van der Waals surface area contributed by atoms with Crippen molar-refractivity contribution >= 4 is 35.0 Å². The lowest BCUT2D eigenvalue weighted by molar-refractivity contribution is -0.132. The van der Waals surface area contributed by atoms with Crippen LogP contribution in [0.2, 0.25) is 0 Å². The Morgan fingerprint density at radius 2 is 1.90 bits per heavy atom. The molecular formula is C20H22N4O4S. The number of nitrogens with zero attached hydrogens (tertiary/aromatic N) is 1. The van der Waals surface area contributed by atoms with E-state index in [1.807, 2.05) is 6.92 Å². The van der Waals surface area contributed by atoms with Crippen LogP contribution in [-0.4, -0.2) is 35.8 Å². The van der Waals surface area contributed by atoms with E-state index in [9.17, 15) is 9.59 Å². The Bertz CT molecular complexity index is 934. The Morgan fingerprint density at radius 3 is 2.55 bits per heavy atom. The third-order valence-corrected chi connectivity index (χ3v) is 4.67. The Kier molecular flexibility index (Phi) is 5.88. The van der Waals surface area contributed by atoms with Gasteiger partial charge in [-0.25, -0.2) is 4.79 Å². The van der Waals surface area contributed by atoms with E-state index in [1.54, 1.807) is 55.5 Å². The van der Waals surface area contributed by atoms with Gasteiger partial charge in [0, 0.05) is 5.69 Å². The van der Waals surface area contributed by atoms with Crippen molar-refractivity contribution in [1.82, 2.24) is 15.8 Å². The van der Waals surface area contributed by atoms with Gasteiger partial charge >= 0.3 is 6.03 Å². The van der Waals surface area contributed by atoms with E-state index >= 15 is 0 Å². The summed E-state index contributed by atoms with van der Waals surface area (Å²) in [7, 11) is 1.54. The van der Waals surface area contributed by atoms with Crippen LogP contribution in [0.5, 0.6) is 11.5 Å². The zero-order chi connectivity index (χ0) is 21.0. The van der Waals surface area contributed by atoms with E-state index in [2.05, 4.69) is 16.1 Å². The van der Waals surface area contributed by atoms with Gasteiger partial charge in [0.1, 0.15) is 17.0 Å². The average molecular weight is 414 g/mol. The number of methoxy groups -OCH3 is 1. The molecule has 0 aliphatic carbocycles. The molecule has 1 aliphatic heterocycles. The number of carbonyl (C=O) groups excluding carboxylic acids is 2. The highest BCUT2D eigenvalue weighted by Gasteiger charge is 2.50. The van der Waals surface area contributed by atoms with Crippen LogP contribution in [0.25, 0.3) is 0 Å². The van der Waals surface area contributed by atoms with Gasteiger partial charge in [-0.15, -0.1) is 0 Å². The number of imide groups is 1. The summed E-state index contributed by atoms with van der Waals surface area (Å²) >= 11 is 5.25. The number of hydrogen-bond acceptors (Lipinski definition) is 5. The maximum absolute atomic E-state index is 13.0. The molecule has 2 aromatic carbocycles. The van der Waals surface area contributed by atoms with E-state index < -0.39 is 17.5 Å². The zero-order valence-corrected chi connectivity index (χ0v) is 17.1. The summed E-state index contributed by atoms with van der Waals surface area (Å²) in [6, 6.07) is 13.5. The fourth-order valence-corrected chi connectivity index (χ4v) is 3.14. The molecule has 3 amide bonds. The van der Waals surface area contributed by atoms with E-state index in [-0.39, 0.29) is 5.11 Å². The normalized spacial score (nSPS) is 18.2. The van der Waals surface area contributed by atoms with Crippen LogP contribution in [0.3, 0.4) is 0 Å². The first kappa shape index (κ1) is 20.4. The molecule has 3 rings (SSSR count). The molecular weight excluding hydrogens is 392 g/mol. The predicted octanol–water partition coefficient (Wildman–Crippen LogP) is 2.76. The monoisotopic (exact) mass is 414 g/mol. The van der Waals surface area contributed by atoms with Crippen molar-refractivity contribution in [1.29, 1.82) is 0 Å². The molecule has 1 atom stereocenters. The number of hydrogen-bond donors (Lipinski definition) is 3. The second kappa shape index (κ2) is 8.36. The summed E-state index contributed by atoms with van der Waals surface area (Å²) in [5.74, 6) is 0.844. The largest absolute Gasteiger partial charge is 0.497 e. The van der Waals surface area contributed by atoms with Gasteiger partial charge in [-0.05, 0) is 68.0 Å². The smallest absolute Gasteiger partial charge is 0.344 e. The number of rotatable bonds is 6. The summed E-state index contributed by atoms with van der Waals surface area (Å²) < 4.78 is 10.6. The van der Waals surface area contributed by atoms with E-state index in [0.29, 0.717) is 23.6 Å². The number of hydrazine groups is 1. The summed E-state index contributed by atoms with van der Waals surface area (Å²) in [4.78, 5) is 25.4. The fourth-order valence-electron chi connectivity index (χ4n) is 2.93. The molecule has 0 radical (unpaired) electrons. The fraction of sp³-hybridized carbons (Fsp3) is 0.250. The molecule has 152 valence electrons. The molecule has 1 unspecified atom stereocenters. The molecule has 0 aromatic heterocycles. The highest BCUT2D eigenvalue weighted by molar-refractivity contribution is 7.80. The molecule has 1 saturated heterocycles. The first-order chi connectivity index (χ1) is 13.9. The zero-order valence-electron chi connectivity index (χ0n) is 16.3. The highest BCUT2D eigenvalue weighted by atomic mass is 32.1. The maximum atomic E-state index is 13.0. The quantitative estimate of drug-likeness (QED) is 0.494. The summed E-state index contributed by atoms with van der Waals surface area (Å²) in [5, 5.41) is 6.61. The first-order valence-corrected chi connectivity index (χ1v) is 9.40. The van der Waals surface area contributed by atoms with Crippen LogP contribution >= 0.6 is 12.2 Å². The number of anilines is 1. The Hall–Kier alpha value is -3.33. The average Bonchev–Trinajstić information content (AvgIpc) is 2.94. The van der Waals surface area contributed by atoms with Crippen LogP contribution in [0, 0.1) is 0 Å². The number of thiocarbonyl (C=S) groups is 1. The number of amides is 3. The minimum Gasteiger partial charge on any atom is -0.497 e. The molecule has 9 heteroatoms. The van der Waals surface area contributed by atoms with Crippen molar-refractivity contribution in [2.45, 2.75) is 19.4 Å². The first-order valence-electron chi connectivity index (χ1n) is 8.99. The van der Waals surface area contributed by atoms with Gasteiger partial charge in [0.25, 0.3) is 5.91 Å². The van der Waals surface area contributed by atoms with Gasteiger partial charge in [-0.3, -0.25) is 10.2 Å². The minimum absolute atomic E-state index is 0.104. The number of nitrogens with one attached hydrogen (secondary N) is 3. The van der Waals surface area contributed by atoms with Crippen LogP contribution < -0.4 is 25.5 Å². The van der Waals surface area contributed by atoms with Crippen LogP contribution in [0.15, 0.2) is 48.5 Å². The molecule has 8 nitrogen and oxygen atoms in total. The van der Waals surface area contributed by atoms with E-state index in [1.165, 1.54) is 7.11 Å². The molecule has 0 spiro atoms. The van der Waals surface area contributed by atoms with Gasteiger partial charge in [-0.2, -0.15) is 5.01 Å². The Morgan fingerprint density at radius 1 is 1.17 bits per heavy atom. The summed E-state index contributed by atoms with van der Waals surface area (Å²) in [6.07, 6.45) is 0. The van der Waals surface area contributed by atoms with Crippen molar-refractivity contribution < 1.29 is 19.1 Å². The summed E-state index contributed by atoms with van der Waals surface area (Å²) in [6.45, 7) is 4.11. The molecule has 1 fully saturated rings. The molecule has 3 N–H and O–H groups in total. The third-order valence-electron chi connectivity index (χ3n) is 4.47. The molecule has 2 aromatic rings. The highest BCUT2D eigenvalue weighted by Crippen LogP contribution is 2.30. The third kappa shape index (κ3) is 4.24. The Labute approximate surface area is 174 Å². The van der Waals surface area contributed by atoms with Crippen molar-refractivity contribution in [3.63, 3.8) is 0 Å². The standard InChI is InChI=1S/C20H22N4O4S/c1-4-28-15-10-8-14(9-11-15)21-18(29)23-24-17(25)20(2,22-19(24)26)13-6-5-7-16(12-13)27-3/h5-12H,4H2,1-3H3,(H,22,26)(H2,21,23,29). The van der Waals surface area contributed by atoms with Crippen LogP contribution in [-0.2, 0) is 10.3 Å². The molecule has 29 heavy (non-hydrogen) atoms. The van der Waals surface area contributed by atoms with Gasteiger partial charge in [0.2, 0.25) is 0 Å². The van der Waals surface area contributed by atoms with Crippen LogP contribution in [0.4, 0.5) is 10.5 Å². The maximum Gasteiger partial charge on any atom is 0.344 e. The van der Waals surface area contributed by atoms with Crippen LogP contribution in [0.1, 0.15) is 19.4 Å². The number of ether oxygens (including phenoxy) is 2. The molecule has 0 saturated carbocycles.